The summed E-state index contributed by atoms with van der Waals surface area (Å²) in [5.41, 5.74) is 7.15. The van der Waals surface area contributed by atoms with Gasteiger partial charge in [-0.25, -0.2) is 4.98 Å². The van der Waals surface area contributed by atoms with Crippen molar-refractivity contribution in [1.29, 1.82) is 0 Å². The van der Waals surface area contributed by atoms with Crippen LogP contribution in [-0.2, 0) is 0 Å². The van der Waals surface area contributed by atoms with Crippen molar-refractivity contribution < 1.29 is 0 Å². The number of aryl methyl sites for hydroxylation is 1. The molecule has 16 heavy (non-hydrogen) atoms. The van der Waals surface area contributed by atoms with Crippen LogP contribution in [0.15, 0.2) is 0 Å². The van der Waals surface area contributed by atoms with Crippen LogP contribution in [0.25, 0.3) is 0 Å². The van der Waals surface area contributed by atoms with Gasteiger partial charge in [-0.2, -0.15) is 16.7 Å². The molecule has 0 aromatic carbocycles. The second-order valence-electron chi connectivity index (χ2n) is 3.67. The van der Waals surface area contributed by atoms with E-state index in [1.165, 1.54) is 0 Å². The fourth-order valence-corrected chi connectivity index (χ4v) is 2.06. The molecule has 1 rings (SSSR count). The van der Waals surface area contributed by atoms with Gasteiger partial charge in [0.1, 0.15) is 0 Å². The highest BCUT2D eigenvalue weighted by molar-refractivity contribution is 7.98. The highest BCUT2D eigenvalue weighted by atomic mass is 35.5. The number of anilines is 2. The number of thioether (sulfide) groups is 1. The van der Waals surface area contributed by atoms with Crippen LogP contribution in [-0.4, -0.2) is 28.0 Å². The predicted molar refractivity (Wildman–Crippen MR) is 72.3 cm³/mol. The van der Waals surface area contributed by atoms with Crippen LogP contribution in [0.3, 0.4) is 0 Å². The smallest absolute Gasteiger partial charge is 0.224 e. The van der Waals surface area contributed by atoms with Gasteiger partial charge in [-0.05, 0) is 43.9 Å². The Morgan fingerprint density at radius 2 is 2.19 bits per heavy atom. The van der Waals surface area contributed by atoms with E-state index in [-0.39, 0.29) is 5.28 Å². The van der Waals surface area contributed by atoms with Gasteiger partial charge in [0.15, 0.2) is 5.82 Å². The summed E-state index contributed by atoms with van der Waals surface area (Å²) in [4.78, 5) is 8.08. The normalized spacial score (nSPS) is 12.5. The molecule has 3 N–H and O–H groups in total. The number of hydrogen-bond donors (Lipinski definition) is 2. The third kappa shape index (κ3) is 3.72. The lowest BCUT2D eigenvalue weighted by molar-refractivity contribution is 0.766. The molecule has 0 saturated heterocycles. The van der Waals surface area contributed by atoms with E-state index in [9.17, 15) is 0 Å². The second kappa shape index (κ2) is 6.15. The molecule has 0 aliphatic rings. The first-order valence-electron chi connectivity index (χ1n) is 5.09. The maximum atomic E-state index is 5.88. The molecular weight excluding hydrogens is 244 g/mol. The van der Waals surface area contributed by atoms with Crippen molar-refractivity contribution in [2.45, 2.75) is 26.3 Å². The first-order valence-corrected chi connectivity index (χ1v) is 6.87. The number of nitrogens with two attached hydrogens (primary N) is 1. The monoisotopic (exact) mass is 260 g/mol. The molecule has 0 saturated carbocycles. The lowest BCUT2D eigenvalue weighted by atomic mass is 10.2. The minimum absolute atomic E-state index is 0.228. The van der Waals surface area contributed by atoms with Crippen LogP contribution in [0, 0.1) is 6.92 Å². The van der Waals surface area contributed by atoms with Crippen LogP contribution < -0.4 is 11.1 Å². The van der Waals surface area contributed by atoms with Crippen LogP contribution in [0.1, 0.15) is 19.0 Å². The molecule has 1 aromatic rings. The number of halogens is 1. The van der Waals surface area contributed by atoms with Gasteiger partial charge in [-0.3, -0.25) is 0 Å². The average Bonchev–Trinajstić information content (AvgIpc) is 2.22. The number of nitrogen functional groups attached to an aromatic ring is 1. The van der Waals surface area contributed by atoms with Gasteiger partial charge in [-0.1, -0.05) is 0 Å². The van der Waals surface area contributed by atoms with Crippen molar-refractivity contribution >= 4 is 34.9 Å². The van der Waals surface area contributed by atoms with E-state index in [1.54, 1.807) is 0 Å². The molecule has 1 unspecified atom stereocenters. The highest BCUT2D eigenvalue weighted by Crippen LogP contribution is 2.21. The number of nitrogens with zero attached hydrogens (tertiary/aromatic N) is 2. The zero-order chi connectivity index (χ0) is 12.1. The zero-order valence-corrected chi connectivity index (χ0v) is 11.3. The van der Waals surface area contributed by atoms with E-state index in [0.29, 0.717) is 23.2 Å². The molecule has 0 bridgehead atoms. The van der Waals surface area contributed by atoms with E-state index < -0.39 is 0 Å². The van der Waals surface area contributed by atoms with E-state index in [2.05, 4.69) is 28.5 Å². The summed E-state index contributed by atoms with van der Waals surface area (Å²) < 4.78 is 0. The fraction of sp³-hybridized carbons (Fsp3) is 0.600. The molecule has 1 aromatic heterocycles. The molecular formula is C10H17ClN4S. The maximum absolute atomic E-state index is 5.88. The Labute approximate surface area is 105 Å². The summed E-state index contributed by atoms with van der Waals surface area (Å²) >= 11 is 7.61. The van der Waals surface area contributed by atoms with Crippen molar-refractivity contribution in [3.05, 3.63) is 11.0 Å². The molecule has 0 aliphatic carbocycles. The van der Waals surface area contributed by atoms with E-state index >= 15 is 0 Å². The molecule has 0 fully saturated rings. The first-order chi connectivity index (χ1) is 7.54. The lowest BCUT2D eigenvalue weighted by Gasteiger charge is -2.16. The van der Waals surface area contributed by atoms with Crippen molar-refractivity contribution in [3.63, 3.8) is 0 Å². The third-order valence-electron chi connectivity index (χ3n) is 2.25. The minimum Gasteiger partial charge on any atom is -0.394 e. The number of hydrogen-bond acceptors (Lipinski definition) is 5. The Morgan fingerprint density at radius 1 is 1.50 bits per heavy atom. The molecule has 0 amide bonds. The Balaban J connectivity index is 2.72. The van der Waals surface area contributed by atoms with Gasteiger partial charge in [-0.15, -0.1) is 0 Å². The average molecular weight is 261 g/mol. The third-order valence-corrected chi connectivity index (χ3v) is 3.06. The van der Waals surface area contributed by atoms with E-state index in [1.807, 2.05) is 18.7 Å². The SMILES string of the molecule is CSCCC(C)Nc1nc(Cl)nc(C)c1N. The summed E-state index contributed by atoms with van der Waals surface area (Å²) in [6.07, 6.45) is 3.15. The zero-order valence-electron chi connectivity index (χ0n) is 9.75. The summed E-state index contributed by atoms with van der Waals surface area (Å²) in [7, 11) is 0. The molecule has 1 atom stereocenters. The maximum Gasteiger partial charge on any atom is 0.224 e. The number of rotatable bonds is 5. The van der Waals surface area contributed by atoms with Gasteiger partial charge in [0, 0.05) is 6.04 Å². The molecule has 4 nitrogen and oxygen atoms in total. The lowest BCUT2D eigenvalue weighted by Crippen LogP contribution is -2.18. The Kier molecular flexibility index (Phi) is 5.15. The Morgan fingerprint density at radius 3 is 2.81 bits per heavy atom. The predicted octanol–water partition coefficient (Wildman–Crippen LogP) is 2.57. The summed E-state index contributed by atoms with van der Waals surface area (Å²) in [5, 5.41) is 3.48. The van der Waals surface area contributed by atoms with E-state index in [4.69, 9.17) is 17.3 Å². The van der Waals surface area contributed by atoms with Crippen molar-refractivity contribution in [3.8, 4) is 0 Å². The number of nitrogens with one attached hydrogen (secondary N) is 1. The van der Waals surface area contributed by atoms with Gasteiger partial charge in [0.25, 0.3) is 0 Å². The molecule has 1 heterocycles. The standard InChI is InChI=1S/C10H17ClN4S/c1-6(4-5-16-3)13-9-8(12)7(2)14-10(11)15-9/h6H,4-5,12H2,1-3H3,(H,13,14,15). The first kappa shape index (κ1) is 13.4. The second-order valence-corrected chi connectivity index (χ2v) is 4.99. The quantitative estimate of drug-likeness (QED) is 0.797. The Hall–Kier alpha value is -0.680. The van der Waals surface area contributed by atoms with Gasteiger partial charge < -0.3 is 11.1 Å². The van der Waals surface area contributed by atoms with Crippen LogP contribution >= 0.6 is 23.4 Å². The summed E-state index contributed by atoms with van der Waals surface area (Å²) in [5.74, 6) is 1.73. The highest BCUT2D eigenvalue weighted by Gasteiger charge is 2.10. The molecule has 0 spiro atoms. The van der Waals surface area contributed by atoms with E-state index in [0.717, 1.165) is 12.2 Å². The molecule has 0 aliphatic heterocycles. The Bertz CT molecular complexity index is 359. The van der Waals surface area contributed by atoms with Crippen LogP contribution in [0.4, 0.5) is 11.5 Å². The van der Waals surface area contributed by atoms with Gasteiger partial charge in [0.05, 0.1) is 11.4 Å². The van der Waals surface area contributed by atoms with Gasteiger partial charge in [0.2, 0.25) is 5.28 Å². The fourth-order valence-electron chi connectivity index (χ4n) is 1.26. The van der Waals surface area contributed by atoms with Crippen molar-refractivity contribution in [2.24, 2.45) is 0 Å². The molecule has 6 heteroatoms. The van der Waals surface area contributed by atoms with Crippen molar-refractivity contribution in [2.75, 3.05) is 23.1 Å². The molecule has 90 valence electrons. The van der Waals surface area contributed by atoms with Gasteiger partial charge >= 0.3 is 0 Å². The number of aromatic nitrogens is 2. The minimum atomic E-state index is 0.228. The van der Waals surface area contributed by atoms with Crippen molar-refractivity contribution in [1.82, 2.24) is 9.97 Å². The van der Waals surface area contributed by atoms with Crippen LogP contribution in [0.5, 0.6) is 0 Å². The summed E-state index contributed by atoms with van der Waals surface area (Å²) in [6.45, 7) is 3.92. The topological polar surface area (TPSA) is 63.8 Å². The molecule has 0 radical (unpaired) electrons. The summed E-state index contributed by atoms with van der Waals surface area (Å²) in [6, 6.07) is 0.320. The van der Waals surface area contributed by atoms with Crippen LogP contribution in [0.2, 0.25) is 5.28 Å². The largest absolute Gasteiger partial charge is 0.394 e.